The third-order valence-electron chi connectivity index (χ3n) is 4.06. The molecule has 1 aliphatic heterocycles. The Bertz CT molecular complexity index is 359. The second-order valence-corrected chi connectivity index (χ2v) is 6.87. The van der Waals surface area contributed by atoms with E-state index < -0.39 is 5.60 Å². The molecule has 2 rings (SSSR count). The van der Waals surface area contributed by atoms with Gasteiger partial charge in [-0.1, -0.05) is 0 Å². The summed E-state index contributed by atoms with van der Waals surface area (Å²) >= 11 is 0. The van der Waals surface area contributed by atoms with Crippen molar-refractivity contribution in [3.63, 3.8) is 0 Å². The van der Waals surface area contributed by atoms with E-state index in [2.05, 4.69) is 0 Å². The molecule has 1 aliphatic carbocycles. The number of hydrogen-bond acceptors (Lipinski definition) is 3. The second kappa shape index (κ2) is 5.51. The summed E-state index contributed by atoms with van der Waals surface area (Å²) in [6.07, 6.45) is 4.31. The van der Waals surface area contributed by atoms with Crippen LogP contribution >= 0.6 is 0 Å². The lowest BCUT2D eigenvalue weighted by atomic mass is 9.77. The molecule has 0 aromatic carbocycles. The molecule has 4 nitrogen and oxygen atoms in total. The smallest absolute Gasteiger partial charge is 0.410 e. The number of rotatable bonds is 0. The van der Waals surface area contributed by atoms with Crippen LogP contribution in [0.2, 0.25) is 0 Å². The summed E-state index contributed by atoms with van der Waals surface area (Å²) < 4.78 is 5.44. The summed E-state index contributed by atoms with van der Waals surface area (Å²) in [5, 5.41) is 0. The topological polar surface area (TPSA) is 46.6 Å². The van der Waals surface area contributed by atoms with E-state index in [0.29, 0.717) is 30.6 Å². The quantitative estimate of drug-likeness (QED) is 0.678. The highest BCUT2D eigenvalue weighted by Crippen LogP contribution is 2.34. The molecule has 0 N–H and O–H groups in total. The van der Waals surface area contributed by atoms with Crippen molar-refractivity contribution in [3.05, 3.63) is 0 Å². The van der Waals surface area contributed by atoms with Crippen LogP contribution in [0, 0.1) is 11.8 Å². The van der Waals surface area contributed by atoms with Gasteiger partial charge in [0.2, 0.25) is 0 Å². The Morgan fingerprint density at radius 1 is 1.26 bits per heavy atom. The molecule has 0 spiro atoms. The molecule has 4 heteroatoms. The maximum absolute atomic E-state index is 12.1. The van der Waals surface area contributed by atoms with Crippen LogP contribution in [-0.4, -0.2) is 35.5 Å². The average Bonchev–Trinajstić information content (AvgIpc) is 2.48. The Labute approximate surface area is 115 Å². The van der Waals surface area contributed by atoms with Crippen molar-refractivity contribution in [1.29, 1.82) is 0 Å². The lowest BCUT2D eigenvalue weighted by Gasteiger charge is -2.32. The van der Waals surface area contributed by atoms with Crippen LogP contribution in [0.25, 0.3) is 0 Å². The van der Waals surface area contributed by atoms with Crippen LogP contribution in [0.5, 0.6) is 0 Å². The van der Waals surface area contributed by atoms with E-state index in [1.54, 1.807) is 4.90 Å². The van der Waals surface area contributed by atoms with Gasteiger partial charge in [-0.15, -0.1) is 0 Å². The first-order valence-corrected chi connectivity index (χ1v) is 7.35. The van der Waals surface area contributed by atoms with Crippen LogP contribution in [0.4, 0.5) is 4.79 Å². The fourth-order valence-electron chi connectivity index (χ4n) is 3.15. The fraction of sp³-hybridized carbons (Fsp3) is 0.867. The predicted molar refractivity (Wildman–Crippen MR) is 72.9 cm³/mol. The first-order chi connectivity index (χ1) is 8.85. The molecular formula is C15H25NO3. The number of carbonyl (C=O) groups is 2. The van der Waals surface area contributed by atoms with E-state index in [1.165, 1.54) is 0 Å². The van der Waals surface area contributed by atoms with E-state index in [4.69, 9.17) is 4.74 Å². The van der Waals surface area contributed by atoms with E-state index in [1.807, 2.05) is 20.8 Å². The lowest BCUT2D eigenvalue weighted by Crippen LogP contribution is -2.40. The summed E-state index contributed by atoms with van der Waals surface area (Å²) in [6.45, 7) is 7.10. The molecule has 0 aromatic rings. The van der Waals surface area contributed by atoms with E-state index >= 15 is 0 Å². The summed E-state index contributed by atoms with van der Waals surface area (Å²) in [5.74, 6) is 1.31. The Morgan fingerprint density at radius 2 is 2.00 bits per heavy atom. The molecule has 2 fully saturated rings. The summed E-state index contributed by atoms with van der Waals surface area (Å²) in [5.41, 5.74) is -0.453. The first-order valence-electron chi connectivity index (χ1n) is 7.35. The van der Waals surface area contributed by atoms with Crippen LogP contribution in [0.1, 0.15) is 52.9 Å². The Morgan fingerprint density at radius 3 is 2.68 bits per heavy atom. The maximum Gasteiger partial charge on any atom is 0.410 e. The molecule has 0 aromatic heterocycles. The van der Waals surface area contributed by atoms with Gasteiger partial charge in [0, 0.05) is 25.9 Å². The van der Waals surface area contributed by atoms with Crippen molar-refractivity contribution in [2.75, 3.05) is 13.1 Å². The second-order valence-electron chi connectivity index (χ2n) is 6.87. The van der Waals surface area contributed by atoms with Gasteiger partial charge in [-0.25, -0.2) is 4.79 Å². The highest BCUT2D eigenvalue weighted by Gasteiger charge is 2.35. The number of hydrogen-bond donors (Lipinski definition) is 0. The Kier molecular flexibility index (Phi) is 4.16. The first kappa shape index (κ1) is 14.4. The van der Waals surface area contributed by atoms with Crippen LogP contribution in [0.15, 0.2) is 0 Å². The van der Waals surface area contributed by atoms with Gasteiger partial charge in [0.25, 0.3) is 0 Å². The van der Waals surface area contributed by atoms with Gasteiger partial charge in [0.05, 0.1) is 0 Å². The monoisotopic (exact) mass is 267 g/mol. The van der Waals surface area contributed by atoms with Crippen LogP contribution < -0.4 is 0 Å². The highest BCUT2D eigenvalue weighted by atomic mass is 16.6. The lowest BCUT2D eigenvalue weighted by molar-refractivity contribution is -0.122. The summed E-state index contributed by atoms with van der Waals surface area (Å²) in [4.78, 5) is 25.5. The van der Waals surface area contributed by atoms with Gasteiger partial charge < -0.3 is 9.64 Å². The maximum atomic E-state index is 12.1. The normalized spacial score (nSPS) is 28.6. The summed E-state index contributed by atoms with van der Waals surface area (Å²) in [7, 11) is 0. The minimum absolute atomic E-state index is 0.230. The number of ether oxygens (including phenoxy) is 1. The van der Waals surface area contributed by atoms with Crippen molar-refractivity contribution in [3.8, 4) is 0 Å². The number of carbonyl (C=O) groups excluding carboxylic acids is 2. The molecule has 2 aliphatic rings. The zero-order valence-corrected chi connectivity index (χ0v) is 12.3. The van der Waals surface area contributed by atoms with Crippen LogP contribution in [-0.2, 0) is 9.53 Å². The molecule has 1 saturated carbocycles. The molecule has 1 amide bonds. The average molecular weight is 267 g/mol. The minimum atomic E-state index is -0.453. The zero-order chi connectivity index (χ0) is 14.0. The van der Waals surface area contributed by atoms with Gasteiger partial charge in [-0.2, -0.15) is 0 Å². The number of Topliss-reactive ketones (excluding diaryl/α,β-unsaturated/α-hetero) is 1. The highest BCUT2D eigenvalue weighted by molar-refractivity contribution is 5.79. The van der Waals surface area contributed by atoms with Crippen molar-refractivity contribution in [2.45, 2.75) is 58.5 Å². The number of nitrogens with zero attached hydrogens (tertiary/aromatic N) is 1. The third-order valence-corrected chi connectivity index (χ3v) is 4.06. The molecule has 0 bridgehead atoms. The Balaban J connectivity index is 1.99. The predicted octanol–water partition coefficient (Wildman–Crippen LogP) is 3.00. The molecule has 2 atom stereocenters. The molecular weight excluding hydrogens is 242 g/mol. The molecule has 19 heavy (non-hydrogen) atoms. The van der Waals surface area contributed by atoms with Crippen molar-refractivity contribution in [1.82, 2.24) is 4.90 Å². The summed E-state index contributed by atoms with van der Waals surface area (Å²) in [6, 6.07) is 0. The zero-order valence-electron chi connectivity index (χ0n) is 12.3. The van der Waals surface area contributed by atoms with E-state index in [-0.39, 0.29) is 6.09 Å². The van der Waals surface area contributed by atoms with Gasteiger partial charge in [-0.05, 0) is 51.9 Å². The molecule has 1 saturated heterocycles. The van der Waals surface area contributed by atoms with Crippen molar-refractivity contribution in [2.24, 2.45) is 11.8 Å². The van der Waals surface area contributed by atoms with Gasteiger partial charge in [0.1, 0.15) is 11.4 Å². The molecule has 108 valence electrons. The van der Waals surface area contributed by atoms with Crippen molar-refractivity contribution >= 4 is 11.9 Å². The number of amides is 1. The van der Waals surface area contributed by atoms with Gasteiger partial charge in [-0.3, -0.25) is 4.79 Å². The van der Waals surface area contributed by atoms with Gasteiger partial charge >= 0.3 is 6.09 Å². The molecule has 1 heterocycles. The number of fused-ring (bicyclic) bond motifs is 1. The van der Waals surface area contributed by atoms with E-state index in [9.17, 15) is 9.59 Å². The van der Waals surface area contributed by atoms with Crippen LogP contribution in [0.3, 0.4) is 0 Å². The molecule has 0 radical (unpaired) electrons. The Hall–Kier alpha value is -1.06. The third kappa shape index (κ3) is 3.95. The van der Waals surface area contributed by atoms with E-state index in [0.717, 1.165) is 32.2 Å². The van der Waals surface area contributed by atoms with Gasteiger partial charge in [0.15, 0.2) is 0 Å². The minimum Gasteiger partial charge on any atom is -0.444 e. The fourth-order valence-corrected chi connectivity index (χ4v) is 3.15. The largest absolute Gasteiger partial charge is 0.444 e. The number of ketones is 1. The van der Waals surface area contributed by atoms with Crippen molar-refractivity contribution < 1.29 is 14.3 Å². The molecule has 2 unspecified atom stereocenters. The number of likely N-dealkylation sites (tertiary alicyclic amines) is 1. The standard InChI is InChI=1S/C15H25NO3/c1-15(2,3)19-14(18)16-8-4-5-11-6-7-13(17)9-12(11)10-16/h11-12H,4-10H2,1-3H3. The SMILES string of the molecule is CC(C)(C)OC(=O)N1CCCC2CCC(=O)CC2C1.